The number of nitrogens with zero attached hydrogens (tertiary/aromatic N) is 3. The van der Waals surface area contributed by atoms with Gasteiger partial charge in [-0.05, 0) is 18.1 Å². The van der Waals surface area contributed by atoms with Gasteiger partial charge in [0.25, 0.3) is 0 Å². The van der Waals surface area contributed by atoms with Crippen molar-refractivity contribution in [2.24, 2.45) is 0 Å². The molecule has 0 N–H and O–H groups in total. The molecular weight excluding hydrogens is 226 g/mol. The van der Waals surface area contributed by atoms with Crippen LogP contribution in [0, 0.1) is 0 Å². The number of aromatic nitrogens is 3. The van der Waals surface area contributed by atoms with Crippen LogP contribution in [0.1, 0.15) is 5.56 Å². The average molecular weight is 243 g/mol. The van der Waals surface area contributed by atoms with Gasteiger partial charge in [0.15, 0.2) is 0 Å². The fourth-order valence-electron chi connectivity index (χ4n) is 2.49. The molecule has 2 aromatic rings. The van der Waals surface area contributed by atoms with E-state index in [4.69, 9.17) is 0 Å². The standard InChI is InChI=1S/C13H17N3Si/c1-17(2,3)12-9-15-13-11-8-14-6-4-10(11)5-7-16(12)13/h4,6,8-9H,5,7H2,1-3H3. The van der Waals surface area contributed by atoms with E-state index in [0.29, 0.717) is 0 Å². The molecule has 1 aliphatic rings. The molecule has 0 aliphatic carbocycles. The van der Waals surface area contributed by atoms with Gasteiger partial charge in [-0.15, -0.1) is 0 Å². The maximum atomic E-state index is 4.62. The first kappa shape index (κ1) is 10.7. The third-order valence-electron chi connectivity index (χ3n) is 3.38. The first-order chi connectivity index (χ1) is 8.07. The van der Waals surface area contributed by atoms with Crippen LogP contribution >= 0.6 is 0 Å². The molecule has 17 heavy (non-hydrogen) atoms. The zero-order valence-corrected chi connectivity index (χ0v) is 11.6. The molecule has 2 aromatic heterocycles. The highest BCUT2D eigenvalue weighted by molar-refractivity contribution is 6.88. The molecule has 1 aliphatic heterocycles. The van der Waals surface area contributed by atoms with E-state index < -0.39 is 8.07 Å². The van der Waals surface area contributed by atoms with Gasteiger partial charge in [0.05, 0.1) is 0 Å². The Morgan fingerprint density at radius 2 is 2.06 bits per heavy atom. The van der Waals surface area contributed by atoms with E-state index >= 15 is 0 Å². The van der Waals surface area contributed by atoms with Crippen LogP contribution in [0.25, 0.3) is 11.4 Å². The zero-order chi connectivity index (χ0) is 12.0. The Morgan fingerprint density at radius 1 is 1.24 bits per heavy atom. The van der Waals surface area contributed by atoms with Crippen molar-refractivity contribution in [1.82, 2.24) is 14.5 Å². The number of pyridine rings is 1. The molecule has 0 spiro atoms. The minimum atomic E-state index is -1.30. The quantitative estimate of drug-likeness (QED) is 0.718. The number of imidazole rings is 1. The molecule has 88 valence electrons. The minimum absolute atomic E-state index is 1.06. The Bertz CT molecular complexity index is 566. The van der Waals surface area contributed by atoms with E-state index in [2.05, 4.69) is 46.4 Å². The molecule has 3 heterocycles. The smallest absolute Gasteiger partial charge is 0.141 e. The summed E-state index contributed by atoms with van der Waals surface area (Å²) < 4.78 is 2.40. The molecule has 3 rings (SSSR count). The van der Waals surface area contributed by atoms with Crippen LogP contribution in [0.2, 0.25) is 19.6 Å². The number of hydrogen-bond acceptors (Lipinski definition) is 2. The highest BCUT2D eigenvalue weighted by Gasteiger charge is 2.26. The van der Waals surface area contributed by atoms with Crippen LogP contribution in [0.5, 0.6) is 0 Å². The molecule has 4 heteroatoms. The molecule has 0 atom stereocenters. The van der Waals surface area contributed by atoms with Gasteiger partial charge in [-0.1, -0.05) is 19.6 Å². The maximum absolute atomic E-state index is 4.62. The van der Waals surface area contributed by atoms with Crippen LogP contribution in [0.15, 0.2) is 24.7 Å². The second-order valence-electron chi connectivity index (χ2n) is 5.65. The number of aryl methyl sites for hydroxylation is 1. The summed E-state index contributed by atoms with van der Waals surface area (Å²) in [5, 5.41) is 1.45. The molecule has 0 amide bonds. The van der Waals surface area contributed by atoms with Gasteiger partial charge in [0, 0.05) is 36.0 Å². The molecule has 0 bridgehead atoms. The molecule has 0 unspecified atom stereocenters. The lowest BCUT2D eigenvalue weighted by molar-refractivity contribution is 0.694. The average Bonchev–Trinajstić information content (AvgIpc) is 2.72. The largest absolute Gasteiger partial charge is 0.332 e. The second-order valence-corrected chi connectivity index (χ2v) is 10.7. The van der Waals surface area contributed by atoms with Crippen molar-refractivity contribution in [1.29, 1.82) is 0 Å². The molecule has 3 nitrogen and oxygen atoms in total. The highest BCUT2D eigenvalue weighted by Crippen LogP contribution is 2.26. The lowest BCUT2D eigenvalue weighted by Gasteiger charge is -2.24. The Labute approximate surface area is 103 Å². The lowest BCUT2D eigenvalue weighted by atomic mass is 10.0. The topological polar surface area (TPSA) is 30.7 Å². The van der Waals surface area contributed by atoms with Crippen LogP contribution in [-0.2, 0) is 13.0 Å². The summed E-state index contributed by atoms with van der Waals surface area (Å²) in [5.41, 5.74) is 2.59. The van der Waals surface area contributed by atoms with Crippen LogP contribution < -0.4 is 5.32 Å². The summed E-state index contributed by atoms with van der Waals surface area (Å²) in [6.45, 7) is 8.17. The summed E-state index contributed by atoms with van der Waals surface area (Å²) in [5.74, 6) is 1.11. The molecular formula is C13H17N3Si. The van der Waals surface area contributed by atoms with Gasteiger partial charge in [0.2, 0.25) is 0 Å². The monoisotopic (exact) mass is 243 g/mol. The second kappa shape index (κ2) is 3.53. The summed E-state index contributed by atoms with van der Waals surface area (Å²) in [7, 11) is -1.30. The van der Waals surface area contributed by atoms with Gasteiger partial charge < -0.3 is 4.57 Å². The van der Waals surface area contributed by atoms with Crippen molar-refractivity contribution in [3.05, 3.63) is 30.2 Å². The van der Waals surface area contributed by atoms with Gasteiger partial charge in [-0.3, -0.25) is 4.98 Å². The van der Waals surface area contributed by atoms with Crippen LogP contribution in [0.3, 0.4) is 0 Å². The molecule has 0 fully saturated rings. The summed E-state index contributed by atoms with van der Waals surface area (Å²) in [6.07, 6.45) is 6.99. The third-order valence-corrected chi connectivity index (χ3v) is 5.32. The molecule has 0 saturated carbocycles. The Balaban J connectivity index is 2.20. The normalized spacial score (nSPS) is 14.3. The van der Waals surface area contributed by atoms with E-state index in [1.807, 2.05) is 12.4 Å². The Morgan fingerprint density at radius 3 is 2.82 bits per heavy atom. The van der Waals surface area contributed by atoms with E-state index in [0.717, 1.165) is 18.8 Å². The summed E-state index contributed by atoms with van der Waals surface area (Å²) >= 11 is 0. The van der Waals surface area contributed by atoms with Crippen molar-refractivity contribution in [3.8, 4) is 11.4 Å². The minimum Gasteiger partial charge on any atom is -0.332 e. The molecule has 0 aromatic carbocycles. The van der Waals surface area contributed by atoms with Gasteiger partial charge in [-0.2, -0.15) is 0 Å². The third kappa shape index (κ3) is 1.63. The first-order valence-electron chi connectivity index (χ1n) is 6.06. The van der Waals surface area contributed by atoms with E-state index in [-0.39, 0.29) is 0 Å². The number of rotatable bonds is 1. The van der Waals surface area contributed by atoms with E-state index in [9.17, 15) is 0 Å². The van der Waals surface area contributed by atoms with Gasteiger partial charge in [-0.25, -0.2) is 4.98 Å². The Hall–Kier alpha value is -1.42. The molecule has 0 saturated heterocycles. The predicted octanol–water partition coefficient (Wildman–Crippen LogP) is 2.05. The number of hydrogen-bond donors (Lipinski definition) is 0. The van der Waals surface area contributed by atoms with Crippen molar-refractivity contribution in [2.75, 3.05) is 0 Å². The fourth-order valence-corrected chi connectivity index (χ4v) is 3.97. The van der Waals surface area contributed by atoms with E-state index in [1.165, 1.54) is 16.4 Å². The molecule has 0 radical (unpaired) electrons. The van der Waals surface area contributed by atoms with Crippen molar-refractivity contribution in [2.45, 2.75) is 32.6 Å². The van der Waals surface area contributed by atoms with Crippen LogP contribution in [0.4, 0.5) is 0 Å². The summed E-state index contributed by atoms with van der Waals surface area (Å²) in [4.78, 5) is 8.85. The zero-order valence-electron chi connectivity index (χ0n) is 10.6. The number of fused-ring (bicyclic) bond motifs is 3. The predicted molar refractivity (Wildman–Crippen MR) is 72.1 cm³/mol. The highest BCUT2D eigenvalue weighted by atomic mass is 28.3. The SMILES string of the molecule is C[Si](C)(C)c1cnc2n1CCc1ccncc1-2. The fraction of sp³-hybridized carbons (Fsp3) is 0.385. The first-order valence-corrected chi connectivity index (χ1v) is 9.56. The van der Waals surface area contributed by atoms with Gasteiger partial charge in [0.1, 0.15) is 13.9 Å². The van der Waals surface area contributed by atoms with E-state index in [1.54, 1.807) is 0 Å². The Kier molecular flexibility index (Phi) is 2.23. The lowest BCUT2D eigenvalue weighted by Crippen LogP contribution is -2.43. The van der Waals surface area contributed by atoms with Crippen molar-refractivity contribution >= 4 is 13.4 Å². The maximum Gasteiger partial charge on any atom is 0.141 e. The summed E-state index contributed by atoms with van der Waals surface area (Å²) in [6, 6.07) is 2.11. The van der Waals surface area contributed by atoms with Crippen LogP contribution in [-0.4, -0.2) is 22.6 Å². The van der Waals surface area contributed by atoms with Crippen molar-refractivity contribution < 1.29 is 0 Å². The van der Waals surface area contributed by atoms with Gasteiger partial charge >= 0.3 is 0 Å². The van der Waals surface area contributed by atoms with Crippen molar-refractivity contribution in [3.63, 3.8) is 0 Å².